The molecule has 3 aromatic rings. The van der Waals surface area contributed by atoms with E-state index < -0.39 is 16.7 Å². The third-order valence-corrected chi connectivity index (χ3v) is 5.51. The molecule has 0 unspecified atom stereocenters. The lowest BCUT2D eigenvalue weighted by atomic mass is 9.92. The standard InChI is InChI=1S/C26H31N5O5/c1-18-9-11-20(12-10-18)30-23(16-22(28-30)26(2,3)4)27-24(32)17-29(13-14-36-5)25(33)19-7-6-8-21(15-19)31(34)35/h6-12,15-16H,13-14,17H2,1-5H3,(H,27,32). The molecule has 190 valence electrons. The number of nitro benzene ring substituents is 1. The Morgan fingerprint density at radius 2 is 1.83 bits per heavy atom. The number of amides is 2. The predicted octanol–water partition coefficient (Wildman–Crippen LogP) is 4.11. The molecule has 0 spiro atoms. The zero-order valence-corrected chi connectivity index (χ0v) is 21.1. The van der Waals surface area contributed by atoms with Gasteiger partial charge in [-0.1, -0.05) is 44.5 Å². The summed E-state index contributed by atoms with van der Waals surface area (Å²) >= 11 is 0. The minimum absolute atomic E-state index is 0.118. The molecule has 2 amide bonds. The number of carbonyl (C=O) groups excluding carboxylic acids is 2. The second-order valence-corrected chi connectivity index (χ2v) is 9.49. The Morgan fingerprint density at radius 1 is 1.14 bits per heavy atom. The van der Waals surface area contributed by atoms with E-state index in [0.29, 0.717) is 5.82 Å². The monoisotopic (exact) mass is 493 g/mol. The van der Waals surface area contributed by atoms with Crippen LogP contribution >= 0.6 is 0 Å². The van der Waals surface area contributed by atoms with E-state index in [4.69, 9.17) is 9.84 Å². The van der Waals surface area contributed by atoms with E-state index >= 15 is 0 Å². The maximum absolute atomic E-state index is 13.1. The number of aryl methyl sites for hydroxylation is 1. The lowest BCUT2D eigenvalue weighted by molar-refractivity contribution is -0.384. The minimum atomic E-state index is -0.567. The average Bonchev–Trinajstić information content (AvgIpc) is 3.26. The number of nitrogens with zero attached hydrogens (tertiary/aromatic N) is 4. The van der Waals surface area contributed by atoms with Crippen LogP contribution in [-0.2, 0) is 14.9 Å². The fourth-order valence-corrected chi connectivity index (χ4v) is 3.46. The van der Waals surface area contributed by atoms with E-state index in [9.17, 15) is 19.7 Å². The molecule has 0 radical (unpaired) electrons. The Bertz CT molecular complexity index is 1240. The number of hydrogen-bond donors (Lipinski definition) is 1. The number of methoxy groups -OCH3 is 1. The van der Waals surface area contributed by atoms with E-state index in [1.54, 1.807) is 4.68 Å². The van der Waals surface area contributed by atoms with Gasteiger partial charge in [-0.05, 0) is 25.1 Å². The molecule has 0 aliphatic carbocycles. The lowest BCUT2D eigenvalue weighted by Crippen LogP contribution is -2.40. The van der Waals surface area contributed by atoms with E-state index in [1.807, 2.05) is 58.0 Å². The highest BCUT2D eigenvalue weighted by Crippen LogP contribution is 2.26. The highest BCUT2D eigenvalue weighted by atomic mass is 16.6. The molecule has 1 aromatic heterocycles. The molecule has 0 bridgehead atoms. The molecule has 0 aliphatic rings. The van der Waals surface area contributed by atoms with Crippen LogP contribution in [0.1, 0.15) is 42.4 Å². The average molecular weight is 494 g/mol. The number of carbonyl (C=O) groups is 2. The Labute approximate surface area is 210 Å². The number of anilines is 1. The van der Waals surface area contributed by atoms with E-state index in [0.717, 1.165) is 16.9 Å². The molecular weight excluding hydrogens is 462 g/mol. The molecule has 0 atom stereocenters. The number of ether oxygens (including phenoxy) is 1. The second kappa shape index (κ2) is 11.1. The van der Waals surface area contributed by atoms with Gasteiger partial charge in [0.05, 0.1) is 22.9 Å². The molecule has 0 saturated carbocycles. The Kier molecular flexibility index (Phi) is 8.21. The van der Waals surface area contributed by atoms with Crippen molar-refractivity contribution in [1.82, 2.24) is 14.7 Å². The molecule has 0 fully saturated rings. The van der Waals surface area contributed by atoms with Gasteiger partial charge in [0, 0.05) is 42.8 Å². The van der Waals surface area contributed by atoms with Gasteiger partial charge in [0.2, 0.25) is 5.91 Å². The molecule has 1 N–H and O–H groups in total. The first-order valence-electron chi connectivity index (χ1n) is 11.5. The molecule has 36 heavy (non-hydrogen) atoms. The maximum Gasteiger partial charge on any atom is 0.270 e. The van der Waals surface area contributed by atoms with Gasteiger partial charge in [0.25, 0.3) is 11.6 Å². The SMILES string of the molecule is COCCN(CC(=O)Nc1cc(C(C)(C)C)nn1-c1ccc(C)cc1)C(=O)c1cccc([N+](=O)[O-])c1. The van der Waals surface area contributed by atoms with Crippen molar-refractivity contribution >= 4 is 23.3 Å². The summed E-state index contributed by atoms with van der Waals surface area (Å²) in [6, 6.07) is 15.0. The zero-order chi connectivity index (χ0) is 26.5. The number of nitro groups is 1. The number of non-ortho nitro benzene ring substituents is 1. The largest absolute Gasteiger partial charge is 0.383 e. The first-order valence-corrected chi connectivity index (χ1v) is 11.5. The smallest absolute Gasteiger partial charge is 0.270 e. The van der Waals surface area contributed by atoms with Crippen LogP contribution in [0.2, 0.25) is 0 Å². The molecule has 3 rings (SSSR count). The zero-order valence-electron chi connectivity index (χ0n) is 21.1. The molecule has 2 aromatic carbocycles. The summed E-state index contributed by atoms with van der Waals surface area (Å²) in [5, 5.41) is 18.7. The van der Waals surface area contributed by atoms with Crippen LogP contribution in [0.15, 0.2) is 54.6 Å². The molecule has 0 saturated heterocycles. The van der Waals surface area contributed by atoms with Gasteiger partial charge in [-0.15, -0.1) is 0 Å². The molecular formula is C26H31N5O5. The summed E-state index contributed by atoms with van der Waals surface area (Å²) < 4.78 is 6.77. The lowest BCUT2D eigenvalue weighted by Gasteiger charge is -2.22. The third-order valence-electron chi connectivity index (χ3n) is 5.51. The van der Waals surface area contributed by atoms with Crippen molar-refractivity contribution in [3.05, 3.63) is 81.5 Å². The van der Waals surface area contributed by atoms with Crippen molar-refractivity contribution in [3.63, 3.8) is 0 Å². The van der Waals surface area contributed by atoms with Gasteiger partial charge in [0.15, 0.2) is 0 Å². The van der Waals surface area contributed by atoms with Crippen LogP contribution in [0.3, 0.4) is 0 Å². The van der Waals surface area contributed by atoms with Crippen LogP contribution in [0.4, 0.5) is 11.5 Å². The number of hydrogen-bond acceptors (Lipinski definition) is 6. The molecule has 10 nitrogen and oxygen atoms in total. The van der Waals surface area contributed by atoms with E-state index in [-0.39, 0.29) is 36.4 Å². The quantitative estimate of drug-likeness (QED) is 0.354. The second-order valence-electron chi connectivity index (χ2n) is 9.49. The number of benzene rings is 2. The van der Waals surface area contributed by atoms with Crippen molar-refractivity contribution in [1.29, 1.82) is 0 Å². The van der Waals surface area contributed by atoms with Crippen molar-refractivity contribution in [2.75, 3.05) is 32.1 Å². The molecule has 1 heterocycles. The summed E-state index contributed by atoms with van der Waals surface area (Å²) in [4.78, 5) is 38.1. The maximum atomic E-state index is 13.1. The van der Waals surface area contributed by atoms with Crippen molar-refractivity contribution in [2.24, 2.45) is 0 Å². The first-order chi connectivity index (χ1) is 17.0. The van der Waals surface area contributed by atoms with Gasteiger partial charge in [-0.2, -0.15) is 5.10 Å². The Hall–Kier alpha value is -4.05. The fraction of sp³-hybridized carbons (Fsp3) is 0.346. The number of rotatable bonds is 9. The highest BCUT2D eigenvalue weighted by Gasteiger charge is 2.24. The molecule has 0 aliphatic heterocycles. The van der Waals surface area contributed by atoms with Gasteiger partial charge in [-0.3, -0.25) is 19.7 Å². The van der Waals surface area contributed by atoms with Crippen molar-refractivity contribution in [3.8, 4) is 5.69 Å². The normalized spacial score (nSPS) is 11.2. The van der Waals surface area contributed by atoms with E-state index in [1.165, 1.54) is 36.3 Å². The first kappa shape index (κ1) is 26.6. The van der Waals surface area contributed by atoms with Crippen molar-refractivity contribution in [2.45, 2.75) is 33.1 Å². The van der Waals surface area contributed by atoms with Gasteiger partial charge >= 0.3 is 0 Å². The summed E-state index contributed by atoms with van der Waals surface area (Å²) in [5.74, 6) is -0.463. The Morgan fingerprint density at radius 3 is 2.44 bits per heavy atom. The fourth-order valence-electron chi connectivity index (χ4n) is 3.46. The summed E-state index contributed by atoms with van der Waals surface area (Å²) in [6.45, 7) is 8.15. The third kappa shape index (κ3) is 6.54. The van der Waals surface area contributed by atoms with Crippen molar-refractivity contribution < 1.29 is 19.2 Å². The Balaban J connectivity index is 1.86. The van der Waals surface area contributed by atoms with Gasteiger partial charge < -0.3 is 15.0 Å². The highest BCUT2D eigenvalue weighted by molar-refractivity contribution is 5.99. The number of aromatic nitrogens is 2. The minimum Gasteiger partial charge on any atom is -0.383 e. The van der Waals surface area contributed by atoms with Crippen LogP contribution < -0.4 is 5.32 Å². The van der Waals surface area contributed by atoms with Gasteiger partial charge in [0.1, 0.15) is 12.4 Å². The van der Waals surface area contributed by atoms with Crippen LogP contribution in [0, 0.1) is 17.0 Å². The van der Waals surface area contributed by atoms with Crippen LogP contribution in [0.25, 0.3) is 5.69 Å². The molecule has 10 heteroatoms. The summed E-state index contributed by atoms with van der Waals surface area (Å²) in [5.41, 5.74) is 2.35. The topological polar surface area (TPSA) is 120 Å². The predicted molar refractivity (Wildman–Crippen MR) is 137 cm³/mol. The van der Waals surface area contributed by atoms with E-state index in [2.05, 4.69) is 5.32 Å². The summed E-state index contributed by atoms with van der Waals surface area (Å²) in [6.07, 6.45) is 0. The van der Waals surface area contributed by atoms with Crippen LogP contribution in [0.5, 0.6) is 0 Å². The van der Waals surface area contributed by atoms with Crippen LogP contribution in [-0.4, -0.2) is 58.2 Å². The number of nitrogens with one attached hydrogen (secondary N) is 1. The van der Waals surface area contributed by atoms with Gasteiger partial charge in [-0.25, -0.2) is 4.68 Å². The summed E-state index contributed by atoms with van der Waals surface area (Å²) in [7, 11) is 1.49.